The minimum Gasteiger partial charge on any atom is -0.371 e. The third-order valence-corrected chi connectivity index (χ3v) is 6.53. The second-order valence-electron chi connectivity index (χ2n) is 7.54. The molecule has 0 bridgehead atoms. The van der Waals surface area contributed by atoms with Gasteiger partial charge in [0.15, 0.2) is 11.6 Å². The van der Waals surface area contributed by atoms with E-state index in [4.69, 9.17) is 11.6 Å². The summed E-state index contributed by atoms with van der Waals surface area (Å²) in [5.41, 5.74) is 1.37. The minimum atomic E-state index is -0.871. The Hall–Kier alpha value is -2.97. The number of nitrogens with zero attached hydrogens (tertiary/aromatic N) is 1. The predicted molar refractivity (Wildman–Crippen MR) is 123 cm³/mol. The average molecular weight is 476 g/mol. The van der Waals surface area contributed by atoms with Crippen LogP contribution in [0.3, 0.4) is 0 Å². The number of hydrogen-bond donors (Lipinski definition) is 2. The zero-order chi connectivity index (χ0) is 22.7. The molecule has 1 unspecified atom stereocenters. The van der Waals surface area contributed by atoms with E-state index in [1.807, 2.05) is 4.90 Å². The lowest BCUT2D eigenvalue weighted by atomic mass is 10.1. The Morgan fingerprint density at radius 1 is 1.09 bits per heavy atom. The molecule has 1 saturated heterocycles. The highest BCUT2D eigenvalue weighted by Gasteiger charge is 2.24. The summed E-state index contributed by atoms with van der Waals surface area (Å²) in [6.45, 7) is 1.78. The van der Waals surface area contributed by atoms with E-state index in [2.05, 4.69) is 10.6 Å². The molecule has 32 heavy (non-hydrogen) atoms. The van der Waals surface area contributed by atoms with Crippen LogP contribution in [-0.4, -0.2) is 31.4 Å². The van der Waals surface area contributed by atoms with Gasteiger partial charge in [0.2, 0.25) is 0 Å². The maximum Gasteiger partial charge on any atom is 0.265 e. The van der Waals surface area contributed by atoms with Gasteiger partial charge in [-0.05, 0) is 54.1 Å². The van der Waals surface area contributed by atoms with Gasteiger partial charge in [-0.25, -0.2) is 8.78 Å². The van der Waals surface area contributed by atoms with Crippen molar-refractivity contribution in [3.63, 3.8) is 0 Å². The zero-order valence-corrected chi connectivity index (χ0v) is 18.5. The number of anilines is 2. The number of benzene rings is 2. The molecule has 2 N–H and O–H groups in total. The lowest BCUT2D eigenvalue weighted by molar-refractivity contribution is 0.0947. The first-order valence-electron chi connectivity index (χ1n) is 10.0. The van der Waals surface area contributed by atoms with Gasteiger partial charge in [-0.3, -0.25) is 9.59 Å². The summed E-state index contributed by atoms with van der Waals surface area (Å²) in [4.78, 5) is 27.4. The van der Waals surface area contributed by atoms with Crippen LogP contribution >= 0.6 is 22.9 Å². The summed E-state index contributed by atoms with van der Waals surface area (Å²) in [6.07, 6.45) is 0.821. The van der Waals surface area contributed by atoms with E-state index in [1.54, 1.807) is 41.8 Å². The molecular weight excluding hydrogens is 456 g/mol. The first-order chi connectivity index (χ1) is 15.4. The first kappa shape index (κ1) is 22.2. The Morgan fingerprint density at radius 2 is 1.94 bits per heavy atom. The summed E-state index contributed by atoms with van der Waals surface area (Å²) in [6, 6.07) is 12.1. The van der Waals surface area contributed by atoms with Crippen molar-refractivity contribution in [3.05, 3.63) is 81.0 Å². The SMILES string of the molecule is O=C(NCC1CCN(c2ccc(F)c(F)c2)C1)c1ccc(Cl)c(NC(=O)c2cccs2)c1. The van der Waals surface area contributed by atoms with Crippen LogP contribution in [-0.2, 0) is 0 Å². The van der Waals surface area contributed by atoms with Crippen molar-refractivity contribution in [2.45, 2.75) is 6.42 Å². The fourth-order valence-corrected chi connectivity index (χ4v) is 4.39. The summed E-state index contributed by atoms with van der Waals surface area (Å²) < 4.78 is 26.7. The van der Waals surface area contributed by atoms with Gasteiger partial charge in [0.1, 0.15) is 0 Å². The first-order valence-corrected chi connectivity index (χ1v) is 11.3. The summed E-state index contributed by atoms with van der Waals surface area (Å²) in [5.74, 6) is -2.13. The van der Waals surface area contributed by atoms with E-state index in [-0.39, 0.29) is 17.7 Å². The Kier molecular flexibility index (Phi) is 6.72. The molecule has 1 aliphatic rings. The summed E-state index contributed by atoms with van der Waals surface area (Å²) >= 11 is 7.49. The quantitative estimate of drug-likeness (QED) is 0.516. The van der Waals surface area contributed by atoms with Crippen LogP contribution in [0.4, 0.5) is 20.2 Å². The molecule has 9 heteroatoms. The van der Waals surface area contributed by atoms with Crippen LogP contribution in [0.25, 0.3) is 0 Å². The van der Waals surface area contributed by atoms with Crippen molar-refractivity contribution in [2.24, 2.45) is 5.92 Å². The van der Waals surface area contributed by atoms with Crippen LogP contribution < -0.4 is 15.5 Å². The fourth-order valence-electron chi connectivity index (χ4n) is 3.61. The molecule has 0 aliphatic carbocycles. The molecule has 1 aliphatic heterocycles. The molecule has 0 spiro atoms. The van der Waals surface area contributed by atoms with Gasteiger partial charge in [-0.2, -0.15) is 0 Å². The third kappa shape index (κ3) is 5.08. The number of carbonyl (C=O) groups excluding carboxylic acids is 2. The van der Waals surface area contributed by atoms with Crippen molar-refractivity contribution in [3.8, 4) is 0 Å². The minimum absolute atomic E-state index is 0.178. The summed E-state index contributed by atoms with van der Waals surface area (Å²) in [5, 5.41) is 7.78. The van der Waals surface area contributed by atoms with Crippen LogP contribution in [0.1, 0.15) is 26.5 Å². The van der Waals surface area contributed by atoms with Gasteiger partial charge >= 0.3 is 0 Å². The molecule has 5 nitrogen and oxygen atoms in total. The third-order valence-electron chi connectivity index (χ3n) is 5.33. The van der Waals surface area contributed by atoms with Crippen LogP contribution in [0, 0.1) is 17.6 Å². The molecule has 2 heterocycles. The highest BCUT2D eigenvalue weighted by atomic mass is 35.5. The molecule has 166 valence electrons. The van der Waals surface area contributed by atoms with Gasteiger partial charge in [-0.1, -0.05) is 17.7 Å². The van der Waals surface area contributed by atoms with E-state index in [9.17, 15) is 18.4 Å². The molecular formula is C23H20ClF2N3O2S. The molecule has 0 radical (unpaired) electrons. The van der Waals surface area contributed by atoms with Crippen molar-refractivity contribution in [1.82, 2.24) is 5.32 Å². The van der Waals surface area contributed by atoms with E-state index in [0.717, 1.165) is 12.5 Å². The Morgan fingerprint density at radius 3 is 2.69 bits per heavy atom. The van der Waals surface area contributed by atoms with Gasteiger partial charge in [0.25, 0.3) is 11.8 Å². The standard InChI is InChI=1S/C23H20ClF2N3O2S/c24-17-5-3-15(10-20(17)28-23(31)21-2-1-9-32-21)22(30)27-12-14-7-8-29(13-14)16-4-6-18(25)19(26)11-16/h1-6,9-11,14H,7-8,12-13H2,(H,27,30)(H,28,31). The predicted octanol–water partition coefficient (Wildman–Crippen LogP) is 5.19. The number of carbonyl (C=O) groups is 2. The molecule has 3 aromatic rings. The van der Waals surface area contributed by atoms with Crippen molar-refractivity contribution < 1.29 is 18.4 Å². The second kappa shape index (κ2) is 9.67. The maximum atomic E-state index is 13.5. The van der Waals surface area contributed by atoms with Gasteiger partial charge in [-0.15, -0.1) is 11.3 Å². The number of halogens is 3. The van der Waals surface area contributed by atoms with Crippen LogP contribution in [0.5, 0.6) is 0 Å². The Balaban J connectivity index is 1.34. The fraction of sp³-hybridized carbons (Fsp3) is 0.217. The smallest absolute Gasteiger partial charge is 0.265 e. The van der Waals surface area contributed by atoms with E-state index in [1.165, 1.54) is 17.4 Å². The highest BCUT2D eigenvalue weighted by molar-refractivity contribution is 7.12. The van der Waals surface area contributed by atoms with E-state index in [0.29, 0.717) is 46.5 Å². The monoisotopic (exact) mass is 475 g/mol. The number of thiophene rings is 1. The largest absolute Gasteiger partial charge is 0.371 e. The van der Waals surface area contributed by atoms with Crippen molar-refractivity contribution >= 4 is 46.1 Å². The van der Waals surface area contributed by atoms with Gasteiger partial charge < -0.3 is 15.5 Å². The summed E-state index contributed by atoms with van der Waals surface area (Å²) in [7, 11) is 0. The van der Waals surface area contributed by atoms with Crippen LogP contribution in [0.2, 0.25) is 5.02 Å². The van der Waals surface area contributed by atoms with Crippen molar-refractivity contribution in [2.75, 3.05) is 29.9 Å². The van der Waals surface area contributed by atoms with E-state index < -0.39 is 11.6 Å². The topological polar surface area (TPSA) is 61.4 Å². The molecule has 1 aromatic heterocycles. The number of hydrogen-bond acceptors (Lipinski definition) is 4. The van der Waals surface area contributed by atoms with Gasteiger partial charge in [0, 0.05) is 37.0 Å². The zero-order valence-electron chi connectivity index (χ0n) is 16.9. The average Bonchev–Trinajstić information content (AvgIpc) is 3.48. The molecule has 2 aromatic carbocycles. The number of rotatable bonds is 6. The normalized spacial score (nSPS) is 15.6. The van der Waals surface area contributed by atoms with E-state index >= 15 is 0 Å². The molecule has 4 rings (SSSR count). The Bertz CT molecular complexity index is 1140. The molecule has 1 atom stereocenters. The lowest BCUT2D eigenvalue weighted by Crippen LogP contribution is -2.31. The number of amides is 2. The molecule has 2 amide bonds. The van der Waals surface area contributed by atoms with Crippen LogP contribution in [0.15, 0.2) is 53.9 Å². The lowest BCUT2D eigenvalue weighted by Gasteiger charge is -2.19. The number of nitrogens with one attached hydrogen (secondary N) is 2. The highest BCUT2D eigenvalue weighted by Crippen LogP contribution is 2.26. The molecule has 1 fully saturated rings. The maximum absolute atomic E-state index is 13.5. The second-order valence-corrected chi connectivity index (χ2v) is 8.89. The molecule has 0 saturated carbocycles. The Labute approximate surface area is 193 Å². The van der Waals surface area contributed by atoms with Gasteiger partial charge in [0.05, 0.1) is 15.6 Å². The van der Waals surface area contributed by atoms with Crippen molar-refractivity contribution in [1.29, 1.82) is 0 Å².